The average molecular weight is 164 g/mol. The lowest BCUT2D eigenvalue weighted by Crippen LogP contribution is -1.97. The summed E-state index contributed by atoms with van der Waals surface area (Å²) in [6.45, 7) is 4.12. The van der Waals surface area contributed by atoms with Gasteiger partial charge in [0.1, 0.15) is 0 Å². The van der Waals surface area contributed by atoms with Crippen molar-refractivity contribution in [2.45, 2.75) is 45.6 Å². The second kappa shape index (κ2) is 8.18. The molecule has 0 aromatic rings. The molecular formula is C11H16O. The van der Waals surface area contributed by atoms with E-state index in [1.807, 2.05) is 0 Å². The Labute approximate surface area is 75.2 Å². The normalized spacial score (nSPS) is 8.33. The Balaban J connectivity index is 3.68. The second-order valence-electron chi connectivity index (χ2n) is 2.54. The van der Waals surface area contributed by atoms with Crippen LogP contribution in [0.1, 0.15) is 39.5 Å². The van der Waals surface area contributed by atoms with E-state index in [1.165, 1.54) is 0 Å². The number of hydrogen-bond acceptors (Lipinski definition) is 1. The zero-order valence-corrected chi connectivity index (χ0v) is 7.85. The van der Waals surface area contributed by atoms with Gasteiger partial charge in [-0.3, -0.25) is 0 Å². The second-order valence-corrected chi connectivity index (χ2v) is 2.54. The molecule has 0 spiro atoms. The van der Waals surface area contributed by atoms with Crippen molar-refractivity contribution in [1.82, 2.24) is 0 Å². The molecule has 1 nitrogen and oxygen atoms in total. The van der Waals surface area contributed by atoms with Gasteiger partial charge in [-0.1, -0.05) is 37.5 Å². The van der Waals surface area contributed by atoms with Gasteiger partial charge < -0.3 is 5.11 Å². The third-order valence-corrected chi connectivity index (χ3v) is 1.23. The van der Waals surface area contributed by atoms with Crippen molar-refractivity contribution in [2.24, 2.45) is 0 Å². The average Bonchev–Trinajstić information content (AvgIpc) is 2.06. The Hall–Kier alpha value is -0.920. The van der Waals surface area contributed by atoms with Gasteiger partial charge in [-0.25, -0.2) is 0 Å². The Morgan fingerprint density at radius 2 is 1.42 bits per heavy atom. The predicted octanol–water partition coefficient (Wildman–Crippen LogP) is 1.95. The highest BCUT2D eigenvalue weighted by Gasteiger charge is 1.87. The fraction of sp³-hybridized carbons (Fsp3) is 0.636. The molecule has 0 unspecified atom stereocenters. The molecule has 0 aromatic carbocycles. The van der Waals surface area contributed by atoms with Crippen LogP contribution in [0.15, 0.2) is 0 Å². The van der Waals surface area contributed by atoms with Gasteiger partial charge in [0.05, 0.1) is 0 Å². The molecule has 0 aliphatic carbocycles. The van der Waals surface area contributed by atoms with E-state index in [1.54, 1.807) is 0 Å². The number of unbranched alkanes of at least 4 members (excludes halogenated alkanes) is 2. The molecule has 0 heterocycles. The Morgan fingerprint density at radius 1 is 1.00 bits per heavy atom. The summed E-state index contributed by atoms with van der Waals surface area (Å²) in [4.78, 5) is 0. The SMILES string of the molecule is CCCC#CC(O)C#CCCC. The topological polar surface area (TPSA) is 20.2 Å². The summed E-state index contributed by atoms with van der Waals surface area (Å²) in [6.07, 6.45) is 2.99. The summed E-state index contributed by atoms with van der Waals surface area (Å²) >= 11 is 0. The van der Waals surface area contributed by atoms with Crippen LogP contribution in [-0.2, 0) is 0 Å². The molecule has 0 aliphatic heterocycles. The maximum Gasteiger partial charge on any atom is 0.176 e. The van der Waals surface area contributed by atoms with E-state index < -0.39 is 6.10 Å². The zero-order chi connectivity index (χ0) is 9.23. The van der Waals surface area contributed by atoms with E-state index in [0.29, 0.717) is 0 Å². The van der Waals surface area contributed by atoms with Gasteiger partial charge >= 0.3 is 0 Å². The first-order valence-electron chi connectivity index (χ1n) is 4.46. The first-order valence-corrected chi connectivity index (χ1v) is 4.46. The molecule has 0 atom stereocenters. The van der Waals surface area contributed by atoms with E-state index in [4.69, 9.17) is 5.11 Å². The van der Waals surface area contributed by atoms with Gasteiger partial charge in [0.25, 0.3) is 0 Å². The number of rotatable bonds is 2. The maximum absolute atomic E-state index is 9.16. The molecule has 66 valence electrons. The van der Waals surface area contributed by atoms with Gasteiger partial charge in [-0.2, -0.15) is 0 Å². The van der Waals surface area contributed by atoms with E-state index in [2.05, 4.69) is 37.5 Å². The van der Waals surface area contributed by atoms with E-state index in [0.717, 1.165) is 25.7 Å². The molecular weight excluding hydrogens is 148 g/mol. The number of aliphatic hydroxyl groups is 1. The van der Waals surface area contributed by atoms with Crippen LogP contribution in [0.5, 0.6) is 0 Å². The van der Waals surface area contributed by atoms with Crippen LogP contribution in [0.25, 0.3) is 0 Å². The van der Waals surface area contributed by atoms with E-state index in [-0.39, 0.29) is 0 Å². The van der Waals surface area contributed by atoms with Crippen molar-refractivity contribution in [1.29, 1.82) is 0 Å². The highest BCUT2D eigenvalue weighted by molar-refractivity contribution is 5.19. The third kappa shape index (κ3) is 7.19. The summed E-state index contributed by atoms with van der Waals surface area (Å²) in [5.74, 6) is 11.1. The molecule has 0 radical (unpaired) electrons. The van der Waals surface area contributed by atoms with E-state index in [9.17, 15) is 0 Å². The number of hydrogen-bond donors (Lipinski definition) is 1. The molecule has 0 saturated heterocycles. The molecule has 0 rings (SSSR count). The standard InChI is InChI=1S/C11H16O/c1-3-5-7-9-11(12)10-8-6-4-2/h11-12H,3-6H2,1-2H3. The van der Waals surface area contributed by atoms with Crippen molar-refractivity contribution in [3.05, 3.63) is 0 Å². The molecule has 12 heavy (non-hydrogen) atoms. The largest absolute Gasteiger partial charge is 0.369 e. The summed E-state index contributed by atoms with van der Waals surface area (Å²) in [6, 6.07) is 0. The molecule has 0 aromatic heterocycles. The minimum Gasteiger partial charge on any atom is -0.369 e. The molecule has 0 amide bonds. The molecule has 1 heteroatoms. The molecule has 1 N–H and O–H groups in total. The van der Waals surface area contributed by atoms with Crippen LogP contribution in [0.2, 0.25) is 0 Å². The van der Waals surface area contributed by atoms with Crippen molar-refractivity contribution in [3.63, 3.8) is 0 Å². The zero-order valence-electron chi connectivity index (χ0n) is 7.85. The first-order chi connectivity index (χ1) is 5.81. The first kappa shape index (κ1) is 11.1. The van der Waals surface area contributed by atoms with Crippen molar-refractivity contribution < 1.29 is 5.11 Å². The lowest BCUT2D eigenvalue weighted by Gasteiger charge is -1.88. The Kier molecular flexibility index (Phi) is 7.55. The van der Waals surface area contributed by atoms with Crippen LogP contribution < -0.4 is 0 Å². The minimum absolute atomic E-state index is 0.747. The van der Waals surface area contributed by atoms with Gasteiger partial charge in [0, 0.05) is 12.8 Å². The van der Waals surface area contributed by atoms with Crippen LogP contribution in [0.3, 0.4) is 0 Å². The van der Waals surface area contributed by atoms with Crippen molar-refractivity contribution in [3.8, 4) is 23.7 Å². The van der Waals surface area contributed by atoms with E-state index >= 15 is 0 Å². The summed E-state index contributed by atoms with van der Waals surface area (Å²) in [7, 11) is 0. The molecule has 0 saturated carbocycles. The minimum atomic E-state index is -0.747. The van der Waals surface area contributed by atoms with Gasteiger partial charge in [0.15, 0.2) is 6.10 Å². The third-order valence-electron chi connectivity index (χ3n) is 1.23. The lowest BCUT2D eigenvalue weighted by atomic mass is 10.3. The summed E-state index contributed by atoms with van der Waals surface area (Å²) in [5.41, 5.74) is 0. The molecule has 0 aliphatic rings. The van der Waals surface area contributed by atoms with Crippen LogP contribution in [-0.4, -0.2) is 11.2 Å². The van der Waals surface area contributed by atoms with Crippen LogP contribution >= 0.6 is 0 Å². The highest BCUT2D eigenvalue weighted by Crippen LogP contribution is 1.85. The quantitative estimate of drug-likeness (QED) is 0.618. The Morgan fingerprint density at radius 3 is 1.75 bits per heavy atom. The summed E-state index contributed by atoms with van der Waals surface area (Å²) < 4.78 is 0. The highest BCUT2D eigenvalue weighted by atomic mass is 16.3. The fourth-order valence-electron chi connectivity index (χ4n) is 0.624. The van der Waals surface area contributed by atoms with Crippen LogP contribution in [0.4, 0.5) is 0 Å². The lowest BCUT2D eigenvalue weighted by molar-refractivity contribution is 0.289. The van der Waals surface area contributed by atoms with Crippen molar-refractivity contribution >= 4 is 0 Å². The van der Waals surface area contributed by atoms with Gasteiger partial charge in [0.2, 0.25) is 0 Å². The Bertz CT molecular complexity index is 185. The number of aliphatic hydroxyl groups excluding tert-OH is 1. The molecule has 0 fully saturated rings. The summed E-state index contributed by atoms with van der Waals surface area (Å²) in [5, 5.41) is 9.16. The fourth-order valence-corrected chi connectivity index (χ4v) is 0.624. The maximum atomic E-state index is 9.16. The monoisotopic (exact) mass is 164 g/mol. The van der Waals surface area contributed by atoms with Crippen molar-refractivity contribution in [2.75, 3.05) is 0 Å². The van der Waals surface area contributed by atoms with Crippen LogP contribution in [0, 0.1) is 23.7 Å². The van der Waals surface area contributed by atoms with Gasteiger partial charge in [-0.05, 0) is 12.8 Å². The van der Waals surface area contributed by atoms with Gasteiger partial charge in [-0.15, -0.1) is 0 Å². The predicted molar refractivity (Wildman–Crippen MR) is 51.4 cm³/mol. The molecule has 0 bridgehead atoms. The smallest absolute Gasteiger partial charge is 0.176 e.